The van der Waals surface area contributed by atoms with Crippen LogP contribution in [0.2, 0.25) is 0 Å². The van der Waals surface area contributed by atoms with Crippen molar-refractivity contribution < 1.29 is 0 Å². The summed E-state index contributed by atoms with van der Waals surface area (Å²) < 4.78 is 0. The number of unbranched alkanes of at least 4 members (excludes halogenated alkanes) is 32. The molecule has 0 aliphatic heterocycles. The molecule has 0 aromatic rings. The van der Waals surface area contributed by atoms with Gasteiger partial charge in [0.1, 0.15) is 0 Å². The third kappa shape index (κ3) is 30.9. The monoisotopic (exact) mass is 731 g/mol. The van der Waals surface area contributed by atoms with Gasteiger partial charge in [0.15, 0.2) is 0 Å². The van der Waals surface area contributed by atoms with Crippen LogP contribution in [-0.4, -0.2) is 24.6 Å². The molecule has 0 bridgehead atoms. The van der Waals surface area contributed by atoms with E-state index in [0.717, 1.165) is 0 Å². The van der Waals surface area contributed by atoms with E-state index in [4.69, 9.17) is 15.5 Å². The predicted octanol–water partition coefficient (Wildman–Crippen LogP) is 18.0. The van der Waals surface area contributed by atoms with Crippen molar-refractivity contribution in [2.75, 3.05) is 24.6 Å². The van der Waals surface area contributed by atoms with Gasteiger partial charge in [0.25, 0.3) is 0 Å². The van der Waals surface area contributed by atoms with E-state index in [-0.39, 0.29) is 0 Å². The van der Waals surface area contributed by atoms with Gasteiger partial charge in [-0.15, -0.1) is 0 Å². The molecule has 0 N–H and O–H groups in total. The van der Waals surface area contributed by atoms with Crippen molar-refractivity contribution in [3.8, 4) is 0 Å². The van der Waals surface area contributed by atoms with Crippen molar-refractivity contribution in [2.45, 2.75) is 259 Å². The van der Waals surface area contributed by atoms with Gasteiger partial charge in [-0.2, -0.15) is 0 Å². The molecule has 0 saturated heterocycles. The molecule has 0 aliphatic rings. The molecule has 280 valence electrons. The summed E-state index contributed by atoms with van der Waals surface area (Å²) in [6.45, 7) is 9.46. The maximum atomic E-state index is 4.71. The molecule has 0 atom stereocenters. The second-order valence-corrected chi connectivity index (χ2v) is 27.5. The minimum Gasteiger partial charge on any atom is -0.0654 e. The summed E-state index contributed by atoms with van der Waals surface area (Å²) in [6.07, 6.45) is 59.0. The number of hydrogen-bond donors (Lipinski definition) is 0. The maximum absolute atomic E-state index is 4.71. The normalized spacial score (nSPS) is 12.9. The Hall–Kier alpha value is 0.910. The van der Waals surface area contributed by atoms with E-state index in [2.05, 4.69) is 27.7 Å². The smallest absolute Gasteiger partial charge is 0.0654 e. The first-order valence-corrected chi connectivity index (χ1v) is 27.3. The first-order chi connectivity index (χ1) is 22.5. The van der Waals surface area contributed by atoms with E-state index in [1.807, 2.05) is 0 Å². The fraction of sp³-hybridized carbons (Fsp3) is 1.00. The van der Waals surface area contributed by atoms with Crippen LogP contribution in [-0.2, 0) is 0 Å². The fourth-order valence-electron chi connectivity index (χ4n) is 7.89. The molecule has 0 spiro atoms. The first kappa shape index (κ1) is 46.9. The third-order valence-corrected chi connectivity index (χ3v) is 21.3. The molecule has 0 nitrogen and oxygen atoms in total. The summed E-state index contributed by atoms with van der Waals surface area (Å²) in [6, 6.07) is 0. The van der Waals surface area contributed by atoms with E-state index < -0.39 is 5.31 Å². The van der Waals surface area contributed by atoms with Crippen LogP contribution in [0.15, 0.2) is 0 Å². The van der Waals surface area contributed by atoms with Crippen LogP contribution >= 0.6 is 20.8 Å². The number of rotatable bonds is 40. The van der Waals surface area contributed by atoms with Crippen molar-refractivity contribution in [2.24, 2.45) is 0 Å². The molecular formula is C44H92BrP. The summed E-state index contributed by atoms with van der Waals surface area (Å²) in [5.41, 5.74) is 0. The topological polar surface area (TPSA) is 0 Å². The van der Waals surface area contributed by atoms with Crippen molar-refractivity contribution in [1.29, 1.82) is 0 Å². The van der Waals surface area contributed by atoms with Crippen LogP contribution in [0.3, 0.4) is 0 Å². The number of hydrogen-bond acceptors (Lipinski definition) is 0. The van der Waals surface area contributed by atoms with Gasteiger partial charge in [0.05, 0.1) is 0 Å². The Kier molecular flexibility index (Phi) is 36.4. The molecular weight excluding hydrogens is 639 g/mol. The number of halogens is 1. The summed E-state index contributed by atoms with van der Waals surface area (Å²) in [5, 5.41) is -1.73. The average molecular weight is 732 g/mol. The van der Waals surface area contributed by atoms with Crippen molar-refractivity contribution in [1.82, 2.24) is 0 Å². The van der Waals surface area contributed by atoms with Crippen LogP contribution in [0.25, 0.3) is 0 Å². The second kappa shape index (κ2) is 35.7. The van der Waals surface area contributed by atoms with Gasteiger partial charge in [-0.05, 0) is 0 Å². The van der Waals surface area contributed by atoms with Crippen LogP contribution in [0.1, 0.15) is 259 Å². The third-order valence-electron chi connectivity index (χ3n) is 11.3. The van der Waals surface area contributed by atoms with Crippen LogP contribution < -0.4 is 0 Å². The Bertz CT molecular complexity index is 526. The van der Waals surface area contributed by atoms with Gasteiger partial charge in [0, 0.05) is 0 Å². The van der Waals surface area contributed by atoms with E-state index >= 15 is 0 Å². The molecule has 0 aromatic carbocycles. The van der Waals surface area contributed by atoms with E-state index in [9.17, 15) is 0 Å². The molecule has 0 aliphatic carbocycles. The Morgan fingerprint density at radius 2 is 0.370 bits per heavy atom. The molecule has 0 fully saturated rings. The van der Waals surface area contributed by atoms with Gasteiger partial charge in [-0.25, -0.2) is 0 Å². The standard InChI is InChI=1S/C44H92BrP/c1-5-9-13-15-17-19-21-23-25-27-29-31-33-35-37-39-43-46(45,41-11-7-3,42-12-8-4)44-40-38-36-34-32-30-28-26-24-22-20-18-16-14-10-6-2/h5-44H2,1-4H3. The van der Waals surface area contributed by atoms with Crippen LogP contribution in [0, 0.1) is 0 Å². The van der Waals surface area contributed by atoms with Gasteiger partial charge in [-0.3, -0.25) is 0 Å². The summed E-state index contributed by atoms with van der Waals surface area (Å²) in [4.78, 5) is 0. The minimum absolute atomic E-state index is 1.37. The Morgan fingerprint density at radius 1 is 0.217 bits per heavy atom. The Labute approximate surface area is 303 Å². The van der Waals surface area contributed by atoms with Gasteiger partial charge in [0.2, 0.25) is 0 Å². The molecule has 0 rings (SSSR count). The molecule has 2 heteroatoms. The molecule has 0 amide bonds. The van der Waals surface area contributed by atoms with Crippen LogP contribution in [0.4, 0.5) is 0 Å². The van der Waals surface area contributed by atoms with Gasteiger partial charge >= 0.3 is 226 Å². The molecule has 0 saturated carbocycles. The zero-order valence-corrected chi connectivity index (χ0v) is 35.6. The van der Waals surface area contributed by atoms with Crippen molar-refractivity contribution >= 4 is 20.8 Å². The first-order valence-electron chi connectivity index (χ1n) is 22.3. The Morgan fingerprint density at radius 3 is 0.565 bits per heavy atom. The van der Waals surface area contributed by atoms with Crippen LogP contribution in [0.5, 0.6) is 0 Å². The van der Waals surface area contributed by atoms with E-state index in [1.165, 1.54) is 243 Å². The quantitative estimate of drug-likeness (QED) is 0.0435. The molecule has 0 heterocycles. The summed E-state index contributed by atoms with van der Waals surface area (Å²) in [5.74, 6) is 0. The molecule has 0 unspecified atom stereocenters. The SMILES string of the molecule is CCCCCCCCCCCCCCCCCCP(Br)(CCCC)(CCCC)CCCCCCCCCCCCCCCCCC. The molecule has 46 heavy (non-hydrogen) atoms. The van der Waals surface area contributed by atoms with E-state index in [1.54, 1.807) is 12.3 Å². The van der Waals surface area contributed by atoms with Crippen molar-refractivity contribution in [3.05, 3.63) is 0 Å². The fourth-order valence-corrected chi connectivity index (χ4v) is 16.5. The second-order valence-electron chi connectivity index (χ2n) is 16.0. The van der Waals surface area contributed by atoms with Crippen molar-refractivity contribution in [3.63, 3.8) is 0 Å². The van der Waals surface area contributed by atoms with E-state index in [0.29, 0.717) is 0 Å². The summed E-state index contributed by atoms with van der Waals surface area (Å²) in [7, 11) is 0. The molecule has 0 radical (unpaired) electrons. The predicted molar refractivity (Wildman–Crippen MR) is 224 cm³/mol. The molecule has 0 aromatic heterocycles. The average Bonchev–Trinajstić information content (AvgIpc) is 3.06. The van der Waals surface area contributed by atoms with Gasteiger partial charge in [-0.1, -0.05) is 78.1 Å². The Balaban J connectivity index is 4.07. The minimum atomic E-state index is -1.73. The zero-order valence-electron chi connectivity index (χ0n) is 33.1. The van der Waals surface area contributed by atoms with Gasteiger partial charge < -0.3 is 0 Å². The summed E-state index contributed by atoms with van der Waals surface area (Å²) >= 11 is 4.71. The zero-order chi connectivity index (χ0) is 33.7.